The average molecular weight is 264 g/mol. The smallest absolute Gasteiger partial charge is 0.315 e. The maximum Gasteiger partial charge on any atom is 0.315 e. The minimum atomic E-state index is -0.140. The van der Waals surface area contributed by atoms with Crippen LogP contribution in [0.15, 0.2) is 18.2 Å². The molecule has 0 aromatic heterocycles. The van der Waals surface area contributed by atoms with Crippen molar-refractivity contribution >= 4 is 6.03 Å². The molecule has 0 fully saturated rings. The number of hydrogen-bond donors (Lipinski definition) is 2. The zero-order chi connectivity index (χ0) is 13.7. The van der Waals surface area contributed by atoms with Crippen molar-refractivity contribution in [2.75, 3.05) is 13.3 Å². The summed E-state index contributed by atoms with van der Waals surface area (Å²) in [5.41, 5.74) is 0.989. The summed E-state index contributed by atoms with van der Waals surface area (Å²) in [6.45, 7) is 5.70. The van der Waals surface area contributed by atoms with E-state index in [0.29, 0.717) is 19.0 Å². The molecule has 5 nitrogen and oxygen atoms in total. The quantitative estimate of drug-likeness (QED) is 0.857. The van der Waals surface area contributed by atoms with Gasteiger partial charge >= 0.3 is 6.03 Å². The minimum Gasteiger partial charge on any atom is -0.454 e. The standard InChI is InChI=1S/C14H20N2O3/c1-10(2)5-6-15-14(17)16-8-11-3-4-12-13(7-11)19-9-18-12/h3-4,7,10H,5-6,8-9H2,1-2H3,(H2,15,16,17). The monoisotopic (exact) mass is 264 g/mol. The molecule has 2 N–H and O–H groups in total. The van der Waals surface area contributed by atoms with Gasteiger partial charge in [0.1, 0.15) is 0 Å². The zero-order valence-electron chi connectivity index (χ0n) is 11.4. The molecule has 0 spiro atoms. The van der Waals surface area contributed by atoms with E-state index >= 15 is 0 Å². The maximum absolute atomic E-state index is 11.6. The highest BCUT2D eigenvalue weighted by Crippen LogP contribution is 2.32. The summed E-state index contributed by atoms with van der Waals surface area (Å²) in [5.74, 6) is 2.08. The van der Waals surface area contributed by atoms with E-state index in [0.717, 1.165) is 23.5 Å². The fourth-order valence-corrected chi connectivity index (χ4v) is 1.77. The van der Waals surface area contributed by atoms with Crippen molar-refractivity contribution < 1.29 is 14.3 Å². The number of ether oxygens (including phenoxy) is 2. The van der Waals surface area contributed by atoms with E-state index in [-0.39, 0.29) is 12.8 Å². The Bertz CT molecular complexity index is 446. The first-order chi connectivity index (χ1) is 9.15. The number of hydrogen-bond acceptors (Lipinski definition) is 3. The maximum atomic E-state index is 11.6. The normalized spacial score (nSPS) is 12.6. The molecule has 0 bridgehead atoms. The van der Waals surface area contributed by atoms with Crippen LogP contribution in [-0.4, -0.2) is 19.4 Å². The van der Waals surface area contributed by atoms with Crippen LogP contribution in [-0.2, 0) is 6.54 Å². The summed E-state index contributed by atoms with van der Waals surface area (Å²) in [6, 6.07) is 5.52. The highest BCUT2D eigenvalue weighted by molar-refractivity contribution is 5.73. The number of urea groups is 1. The first-order valence-electron chi connectivity index (χ1n) is 6.55. The molecule has 0 unspecified atom stereocenters. The Morgan fingerprint density at radius 3 is 2.84 bits per heavy atom. The van der Waals surface area contributed by atoms with Gasteiger partial charge in [0, 0.05) is 13.1 Å². The van der Waals surface area contributed by atoms with Crippen molar-refractivity contribution in [2.24, 2.45) is 5.92 Å². The van der Waals surface area contributed by atoms with E-state index in [1.165, 1.54) is 0 Å². The van der Waals surface area contributed by atoms with Crippen LogP contribution in [0.1, 0.15) is 25.8 Å². The summed E-state index contributed by atoms with van der Waals surface area (Å²) in [7, 11) is 0. The average Bonchev–Trinajstić information content (AvgIpc) is 2.83. The summed E-state index contributed by atoms with van der Waals surface area (Å²) in [6.07, 6.45) is 0.984. The molecule has 1 aliphatic heterocycles. The molecule has 1 heterocycles. The molecule has 19 heavy (non-hydrogen) atoms. The lowest BCUT2D eigenvalue weighted by molar-refractivity contribution is 0.174. The topological polar surface area (TPSA) is 59.6 Å². The number of carbonyl (C=O) groups is 1. The van der Waals surface area contributed by atoms with E-state index in [1.807, 2.05) is 18.2 Å². The minimum absolute atomic E-state index is 0.140. The predicted molar refractivity (Wildman–Crippen MR) is 72.3 cm³/mol. The molecule has 0 saturated carbocycles. The highest BCUT2D eigenvalue weighted by atomic mass is 16.7. The molecule has 0 radical (unpaired) electrons. The summed E-state index contributed by atoms with van der Waals surface area (Å²) in [4.78, 5) is 11.6. The fourth-order valence-electron chi connectivity index (χ4n) is 1.77. The molecule has 5 heteroatoms. The second kappa shape index (κ2) is 6.31. The van der Waals surface area contributed by atoms with Crippen LogP contribution in [0.2, 0.25) is 0 Å². The largest absolute Gasteiger partial charge is 0.454 e. The van der Waals surface area contributed by atoms with Crippen molar-refractivity contribution in [1.82, 2.24) is 10.6 Å². The summed E-state index contributed by atoms with van der Waals surface area (Å²) >= 11 is 0. The van der Waals surface area contributed by atoms with Gasteiger partial charge in [-0.25, -0.2) is 4.79 Å². The number of fused-ring (bicyclic) bond motifs is 1. The van der Waals surface area contributed by atoms with E-state index in [2.05, 4.69) is 24.5 Å². The second-order valence-electron chi connectivity index (χ2n) is 4.98. The first kappa shape index (κ1) is 13.5. The zero-order valence-corrected chi connectivity index (χ0v) is 11.4. The van der Waals surface area contributed by atoms with Gasteiger partial charge in [0.2, 0.25) is 6.79 Å². The molecular formula is C14H20N2O3. The van der Waals surface area contributed by atoms with E-state index < -0.39 is 0 Å². The van der Waals surface area contributed by atoms with Crippen molar-refractivity contribution in [3.05, 3.63) is 23.8 Å². The number of amides is 2. The van der Waals surface area contributed by atoms with Gasteiger partial charge in [0.25, 0.3) is 0 Å². The van der Waals surface area contributed by atoms with E-state index in [1.54, 1.807) is 0 Å². The van der Waals surface area contributed by atoms with Crippen molar-refractivity contribution in [3.8, 4) is 11.5 Å². The molecule has 1 aromatic carbocycles. The molecule has 1 aromatic rings. The molecule has 0 aliphatic carbocycles. The lowest BCUT2D eigenvalue weighted by Gasteiger charge is -2.09. The van der Waals surface area contributed by atoms with Gasteiger partial charge in [-0.1, -0.05) is 19.9 Å². The first-order valence-corrected chi connectivity index (χ1v) is 6.55. The third-order valence-corrected chi connectivity index (χ3v) is 2.90. The molecule has 104 valence electrons. The fraction of sp³-hybridized carbons (Fsp3) is 0.500. The van der Waals surface area contributed by atoms with Gasteiger partial charge < -0.3 is 20.1 Å². The van der Waals surface area contributed by atoms with Crippen LogP contribution in [0.4, 0.5) is 4.79 Å². The third kappa shape index (κ3) is 4.05. The molecule has 2 amide bonds. The van der Waals surface area contributed by atoms with Crippen LogP contribution >= 0.6 is 0 Å². The van der Waals surface area contributed by atoms with Crippen molar-refractivity contribution in [3.63, 3.8) is 0 Å². The molecule has 2 rings (SSSR count). The summed E-state index contributed by atoms with van der Waals surface area (Å²) < 4.78 is 10.5. The SMILES string of the molecule is CC(C)CCNC(=O)NCc1ccc2c(c1)OCO2. The highest BCUT2D eigenvalue weighted by Gasteiger charge is 2.13. The van der Waals surface area contributed by atoms with Crippen LogP contribution in [0.25, 0.3) is 0 Å². The van der Waals surface area contributed by atoms with Gasteiger partial charge in [-0.05, 0) is 30.0 Å². The van der Waals surface area contributed by atoms with Crippen LogP contribution in [0.5, 0.6) is 11.5 Å². The van der Waals surface area contributed by atoms with Crippen LogP contribution in [0, 0.1) is 5.92 Å². The number of nitrogens with one attached hydrogen (secondary N) is 2. The predicted octanol–water partition coefficient (Wildman–Crippen LogP) is 2.26. The molecule has 0 saturated heterocycles. The Morgan fingerprint density at radius 2 is 2.05 bits per heavy atom. The summed E-state index contributed by atoms with van der Waals surface area (Å²) in [5, 5.41) is 5.65. The molecule has 1 aliphatic rings. The van der Waals surface area contributed by atoms with E-state index in [9.17, 15) is 4.79 Å². The van der Waals surface area contributed by atoms with Crippen LogP contribution in [0.3, 0.4) is 0 Å². The Morgan fingerprint density at radius 1 is 1.26 bits per heavy atom. The lowest BCUT2D eigenvalue weighted by atomic mass is 10.1. The molecular weight excluding hydrogens is 244 g/mol. The third-order valence-electron chi connectivity index (χ3n) is 2.90. The van der Waals surface area contributed by atoms with Crippen molar-refractivity contribution in [1.29, 1.82) is 0 Å². The van der Waals surface area contributed by atoms with Crippen molar-refractivity contribution in [2.45, 2.75) is 26.8 Å². The number of rotatable bonds is 5. The van der Waals surface area contributed by atoms with Gasteiger partial charge in [0.15, 0.2) is 11.5 Å². The van der Waals surface area contributed by atoms with Gasteiger partial charge in [-0.2, -0.15) is 0 Å². The lowest BCUT2D eigenvalue weighted by Crippen LogP contribution is -2.35. The number of benzene rings is 1. The van der Waals surface area contributed by atoms with Crippen LogP contribution < -0.4 is 20.1 Å². The Kier molecular flexibility index (Phi) is 4.49. The van der Waals surface area contributed by atoms with Gasteiger partial charge in [-0.3, -0.25) is 0 Å². The van der Waals surface area contributed by atoms with Gasteiger partial charge in [0.05, 0.1) is 0 Å². The Hall–Kier alpha value is -1.91. The Balaban J connectivity index is 1.74. The number of carbonyl (C=O) groups excluding carboxylic acids is 1. The second-order valence-corrected chi connectivity index (χ2v) is 4.98. The van der Waals surface area contributed by atoms with Gasteiger partial charge in [-0.15, -0.1) is 0 Å². The Labute approximate surface area is 113 Å². The van der Waals surface area contributed by atoms with E-state index in [4.69, 9.17) is 9.47 Å². The molecule has 0 atom stereocenters.